The maximum atomic E-state index is 13.0. The van der Waals surface area contributed by atoms with Gasteiger partial charge in [-0.05, 0) is 43.0 Å². The van der Waals surface area contributed by atoms with Gasteiger partial charge in [0.25, 0.3) is 0 Å². The third-order valence-electron chi connectivity index (χ3n) is 8.10. The van der Waals surface area contributed by atoms with Gasteiger partial charge in [0.15, 0.2) is 0 Å². The fraction of sp³-hybridized carbons (Fsp3) is 0.366. The Morgan fingerprint density at radius 1 is 0.660 bits per heavy atom. The van der Waals surface area contributed by atoms with E-state index in [2.05, 4.69) is 5.32 Å². The molecule has 50 heavy (non-hydrogen) atoms. The predicted octanol–water partition coefficient (Wildman–Crippen LogP) is 6.82. The first-order chi connectivity index (χ1) is 24.3. The molecule has 264 valence electrons. The summed E-state index contributed by atoms with van der Waals surface area (Å²) in [6.07, 6.45) is -4.06. The molecule has 1 heterocycles. The van der Waals surface area contributed by atoms with Crippen LogP contribution in [0.2, 0.25) is 0 Å². The molecule has 1 saturated heterocycles. The molecule has 4 aromatic rings. The van der Waals surface area contributed by atoms with Gasteiger partial charge in [0.1, 0.15) is 48.4 Å². The molecule has 0 unspecified atom stereocenters. The minimum Gasteiger partial charge on any atom is -0.444 e. The van der Waals surface area contributed by atoms with Gasteiger partial charge in [0, 0.05) is 0 Å². The van der Waals surface area contributed by atoms with Crippen molar-refractivity contribution >= 4 is 12.4 Å². The van der Waals surface area contributed by atoms with E-state index in [-0.39, 0.29) is 26.4 Å². The van der Waals surface area contributed by atoms with Gasteiger partial charge in [-0.2, -0.15) is 0 Å². The highest BCUT2D eigenvalue weighted by molar-refractivity contribution is 5.74. The van der Waals surface area contributed by atoms with Crippen molar-refractivity contribution in [2.45, 2.75) is 89.4 Å². The normalized spacial score (nSPS) is 21.2. The minimum atomic E-state index is -1.14. The highest BCUT2D eigenvalue weighted by atomic mass is 16.6. The van der Waals surface area contributed by atoms with Gasteiger partial charge in [0.2, 0.25) is 0 Å². The van der Waals surface area contributed by atoms with Crippen molar-refractivity contribution in [3.05, 3.63) is 144 Å². The Morgan fingerprint density at radius 2 is 1.08 bits per heavy atom. The van der Waals surface area contributed by atoms with Crippen LogP contribution in [0, 0.1) is 0 Å². The van der Waals surface area contributed by atoms with Crippen molar-refractivity contribution in [1.29, 1.82) is 0 Å². The predicted molar refractivity (Wildman–Crippen MR) is 189 cm³/mol. The first kappa shape index (κ1) is 36.9. The quantitative estimate of drug-likeness (QED) is 0.129. The van der Waals surface area contributed by atoms with Crippen LogP contribution in [0.1, 0.15) is 43.0 Å². The molecule has 0 aromatic heterocycles. The van der Waals surface area contributed by atoms with Gasteiger partial charge >= 0.3 is 6.09 Å². The minimum absolute atomic E-state index is 0.124. The number of alkyl carbamates (subject to hydrolysis) is 1. The molecule has 1 N–H and O–H groups in total. The van der Waals surface area contributed by atoms with Crippen LogP contribution in [0.25, 0.3) is 0 Å². The molecular weight excluding hydrogens is 634 g/mol. The molecule has 0 bridgehead atoms. The molecule has 1 aliphatic rings. The average molecular weight is 682 g/mol. The van der Waals surface area contributed by atoms with Crippen LogP contribution >= 0.6 is 0 Å². The van der Waals surface area contributed by atoms with E-state index in [9.17, 15) is 9.59 Å². The Bertz CT molecular complexity index is 1570. The zero-order valence-electron chi connectivity index (χ0n) is 28.9. The number of hydrogen-bond acceptors (Lipinski definition) is 8. The Hall–Kier alpha value is -4.38. The molecule has 1 aliphatic heterocycles. The molecule has 1 amide bonds. The largest absolute Gasteiger partial charge is 0.444 e. The second-order valence-corrected chi connectivity index (χ2v) is 13.2. The Labute approximate surface area is 294 Å². The van der Waals surface area contributed by atoms with Gasteiger partial charge in [-0.25, -0.2) is 4.79 Å². The average Bonchev–Trinajstić information content (AvgIpc) is 3.12. The van der Waals surface area contributed by atoms with Crippen LogP contribution in [0.3, 0.4) is 0 Å². The molecule has 9 heteroatoms. The molecule has 6 atom stereocenters. The summed E-state index contributed by atoms with van der Waals surface area (Å²) in [6.45, 7) is 6.47. The van der Waals surface area contributed by atoms with Gasteiger partial charge in [-0.3, -0.25) is 0 Å². The van der Waals surface area contributed by atoms with Crippen LogP contribution in [0.4, 0.5) is 4.79 Å². The Kier molecular flexibility index (Phi) is 13.7. The van der Waals surface area contributed by atoms with Crippen molar-refractivity contribution in [3.63, 3.8) is 0 Å². The number of nitrogens with one attached hydrogen (secondary N) is 1. The maximum Gasteiger partial charge on any atom is 0.408 e. The summed E-state index contributed by atoms with van der Waals surface area (Å²) in [4.78, 5) is 25.8. The lowest BCUT2D eigenvalue weighted by Gasteiger charge is -2.47. The van der Waals surface area contributed by atoms with E-state index in [0.29, 0.717) is 12.9 Å². The summed E-state index contributed by atoms with van der Waals surface area (Å²) in [5.41, 5.74) is 3.07. The lowest BCUT2D eigenvalue weighted by molar-refractivity contribution is -0.275. The number of rotatable bonds is 16. The number of ether oxygens (including phenoxy) is 6. The van der Waals surface area contributed by atoms with Gasteiger partial charge in [-0.15, -0.1) is 0 Å². The molecule has 1 fully saturated rings. The number of hydrogen-bond donors (Lipinski definition) is 1. The summed E-state index contributed by atoms with van der Waals surface area (Å²) in [5.74, 6) is 0. The van der Waals surface area contributed by atoms with Crippen LogP contribution in [0.5, 0.6) is 0 Å². The van der Waals surface area contributed by atoms with E-state index >= 15 is 0 Å². The second kappa shape index (κ2) is 18.6. The first-order valence-corrected chi connectivity index (χ1v) is 17.0. The molecule has 0 aliphatic carbocycles. The van der Waals surface area contributed by atoms with E-state index in [1.54, 1.807) is 20.8 Å². The van der Waals surface area contributed by atoms with E-state index in [4.69, 9.17) is 28.4 Å². The van der Waals surface area contributed by atoms with Crippen LogP contribution in [-0.4, -0.2) is 61.1 Å². The van der Waals surface area contributed by atoms with E-state index in [0.717, 1.165) is 22.3 Å². The standard InChI is InChI=1S/C41H47NO8/c1-41(2,3)50-40(44)42-34(24-43)36-38(47-27-32-20-12-6-13-21-32)39(48-28-33-22-14-7-15-23-33)37(46-26-31-18-10-5-11-19-31)35(49-36)29-45-25-30-16-8-4-9-17-30/h4-24,34-39H,25-29H2,1-3H3,(H,42,44)/t34-,35+,36-,37+,38-,39-/m0/s1. The monoisotopic (exact) mass is 681 g/mol. The molecule has 4 aromatic carbocycles. The van der Waals surface area contributed by atoms with Gasteiger partial charge < -0.3 is 38.5 Å². The molecular formula is C41H47NO8. The molecule has 0 spiro atoms. The molecule has 9 nitrogen and oxygen atoms in total. The lowest BCUT2D eigenvalue weighted by atomic mass is 9.90. The van der Waals surface area contributed by atoms with Crippen molar-refractivity contribution in [2.75, 3.05) is 6.61 Å². The number of carbonyl (C=O) groups excluding carboxylic acids is 2. The summed E-state index contributed by atoms with van der Waals surface area (Å²) in [7, 11) is 0. The smallest absolute Gasteiger partial charge is 0.408 e. The first-order valence-electron chi connectivity index (χ1n) is 17.0. The van der Waals surface area contributed by atoms with Gasteiger partial charge in [-0.1, -0.05) is 121 Å². The fourth-order valence-corrected chi connectivity index (χ4v) is 5.75. The number of amides is 1. The number of aldehydes is 1. The zero-order chi connectivity index (χ0) is 35.2. The number of carbonyl (C=O) groups is 2. The molecule has 5 rings (SSSR count). The molecule has 0 radical (unpaired) electrons. The Morgan fingerprint density at radius 3 is 1.52 bits per heavy atom. The topological polar surface area (TPSA) is 102 Å². The summed E-state index contributed by atoms with van der Waals surface area (Å²) < 4.78 is 38.5. The third kappa shape index (κ3) is 11.3. The van der Waals surface area contributed by atoms with E-state index in [1.165, 1.54) is 0 Å². The fourth-order valence-electron chi connectivity index (χ4n) is 5.75. The molecule has 0 saturated carbocycles. The Balaban J connectivity index is 1.50. The van der Waals surface area contributed by atoms with E-state index in [1.807, 2.05) is 121 Å². The van der Waals surface area contributed by atoms with Crippen molar-refractivity contribution in [1.82, 2.24) is 5.32 Å². The third-order valence-corrected chi connectivity index (χ3v) is 8.10. The summed E-state index contributed by atoms with van der Waals surface area (Å²) >= 11 is 0. The van der Waals surface area contributed by atoms with Crippen LogP contribution in [-0.2, 0) is 59.6 Å². The maximum absolute atomic E-state index is 13.0. The van der Waals surface area contributed by atoms with Gasteiger partial charge in [0.05, 0.1) is 33.0 Å². The SMILES string of the molecule is CC(C)(C)OC(=O)N[C@@H](C=O)[C@@H]1O[C@H](COCc2ccccc2)[C@@H](OCc2ccccc2)[C@H](OCc2ccccc2)[C@H]1OCc1ccccc1. The summed E-state index contributed by atoms with van der Waals surface area (Å²) in [5, 5.41) is 2.72. The van der Waals surface area contributed by atoms with Crippen molar-refractivity contribution in [2.24, 2.45) is 0 Å². The lowest BCUT2D eigenvalue weighted by Crippen LogP contribution is -2.66. The van der Waals surface area contributed by atoms with Crippen LogP contribution in [0.15, 0.2) is 121 Å². The zero-order valence-corrected chi connectivity index (χ0v) is 28.9. The number of benzene rings is 4. The van der Waals surface area contributed by atoms with E-state index < -0.39 is 48.3 Å². The van der Waals surface area contributed by atoms with Crippen molar-refractivity contribution < 1.29 is 38.0 Å². The summed E-state index contributed by atoms with van der Waals surface area (Å²) in [6, 6.07) is 38.1. The highest BCUT2D eigenvalue weighted by Crippen LogP contribution is 2.32. The second-order valence-electron chi connectivity index (χ2n) is 13.2. The van der Waals surface area contributed by atoms with Crippen molar-refractivity contribution in [3.8, 4) is 0 Å². The highest BCUT2D eigenvalue weighted by Gasteiger charge is 2.51. The van der Waals surface area contributed by atoms with Crippen LogP contribution < -0.4 is 5.32 Å².